The van der Waals surface area contributed by atoms with Crippen molar-refractivity contribution in [2.45, 2.75) is 257 Å². The van der Waals surface area contributed by atoms with Crippen molar-refractivity contribution >= 4 is 5.91 Å². The summed E-state index contributed by atoms with van der Waals surface area (Å²) in [5.74, 6) is -0.148. The lowest BCUT2D eigenvalue weighted by Crippen LogP contribution is -2.50. The summed E-state index contributed by atoms with van der Waals surface area (Å²) >= 11 is 0. The standard InChI is InChI=1S/C44H87NO4/c1-3-5-7-9-11-13-15-17-19-20-21-22-23-25-26-28-30-32-34-36-38-42(47)44(49)41(40-46)45-43(48)39-37-35-33-31-29-27-24-18-16-14-12-10-8-6-4-2/h14,16,41-42,44,46-47,49H,3-13,15,17-40H2,1-2H3,(H,45,48)/b16-14-. The molecule has 0 aromatic rings. The summed E-state index contributed by atoms with van der Waals surface area (Å²) < 4.78 is 0. The van der Waals surface area contributed by atoms with Gasteiger partial charge in [-0.1, -0.05) is 206 Å². The fourth-order valence-electron chi connectivity index (χ4n) is 6.92. The van der Waals surface area contributed by atoms with Crippen molar-refractivity contribution in [3.63, 3.8) is 0 Å². The Balaban J connectivity index is 3.60. The SMILES string of the molecule is CCCCCC/C=C\CCCCCCCCCC(=O)NC(CO)C(O)C(O)CCCCCCCCCCCCCCCCCCCCCC. The highest BCUT2D eigenvalue weighted by Crippen LogP contribution is 2.17. The lowest BCUT2D eigenvalue weighted by Gasteiger charge is -2.26. The van der Waals surface area contributed by atoms with E-state index in [1.54, 1.807) is 0 Å². The number of unbranched alkanes of at least 4 members (excludes halogenated alkanes) is 30. The van der Waals surface area contributed by atoms with Crippen molar-refractivity contribution in [3.8, 4) is 0 Å². The average Bonchev–Trinajstić information content (AvgIpc) is 3.10. The van der Waals surface area contributed by atoms with Crippen LogP contribution >= 0.6 is 0 Å². The third-order valence-electron chi connectivity index (χ3n) is 10.4. The van der Waals surface area contributed by atoms with E-state index >= 15 is 0 Å². The van der Waals surface area contributed by atoms with Gasteiger partial charge in [0.15, 0.2) is 0 Å². The van der Waals surface area contributed by atoms with Crippen LogP contribution in [0.2, 0.25) is 0 Å². The van der Waals surface area contributed by atoms with Gasteiger partial charge in [0.05, 0.1) is 18.8 Å². The third kappa shape index (κ3) is 35.3. The quantitative estimate of drug-likeness (QED) is 0.0380. The molecule has 5 heteroatoms. The molecule has 3 unspecified atom stereocenters. The fourth-order valence-corrected chi connectivity index (χ4v) is 6.92. The number of allylic oxidation sites excluding steroid dienone is 2. The van der Waals surface area contributed by atoms with Crippen LogP contribution in [0.15, 0.2) is 12.2 Å². The number of rotatable bonds is 40. The Morgan fingerprint density at radius 1 is 0.490 bits per heavy atom. The molecule has 0 rings (SSSR count). The van der Waals surface area contributed by atoms with Crippen molar-refractivity contribution in [1.82, 2.24) is 5.32 Å². The first-order valence-corrected chi connectivity index (χ1v) is 22.0. The van der Waals surface area contributed by atoms with Gasteiger partial charge in [-0.2, -0.15) is 0 Å². The molecule has 0 saturated carbocycles. The molecule has 0 saturated heterocycles. The van der Waals surface area contributed by atoms with E-state index in [2.05, 4.69) is 31.3 Å². The second kappa shape index (κ2) is 39.9. The normalized spacial score (nSPS) is 13.7. The summed E-state index contributed by atoms with van der Waals surface area (Å²) in [6.45, 7) is 4.18. The number of carbonyl (C=O) groups excluding carboxylic acids is 1. The molecule has 0 bridgehead atoms. The molecule has 0 aliphatic heterocycles. The highest BCUT2D eigenvalue weighted by Gasteiger charge is 2.26. The minimum Gasteiger partial charge on any atom is -0.394 e. The Kier molecular flexibility index (Phi) is 39.1. The number of nitrogens with one attached hydrogen (secondary N) is 1. The van der Waals surface area contributed by atoms with Crippen LogP contribution in [0.5, 0.6) is 0 Å². The number of aliphatic hydroxyl groups is 3. The Hall–Kier alpha value is -0.910. The molecule has 5 nitrogen and oxygen atoms in total. The van der Waals surface area contributed by atoms with Crippen LogP contribution < -0.4 is 5.32 Å². The van der Waals surface area contributed by atoms with Crippen LogP contribution in [0.3, 0.4) is 0 Å². The summed E-state index contributed by atoms with van der Waals surface area (Å²) in [5.41, 5.74) is 0. The summed E-state index contributed by atoms with van der Waals surface area (Å²) in [7, 11) is 0. The molecule has 0 aliphatic carbocycles. The van der Waals surface area contributed by atoms with Gasteiger partial charge < -0.3 is 20.6 Å². The van der Waals surface area contributed by atoms with Crippen LogP contribution in [-0.2, 0) is 4.79 Å². The van der Waals surface area contributed by atoms with Crippen molar-refractivity contribution in [1.29, 1.82) is 0 Å². The van der Waals surface area contributed by atoms with Gasteiger partial charge in [-0.25, -0.2) is 0 Å². The molecule has 0 aromatic carbocycles. The van der Waals surface area contributed by atoms with Gasteiger partial charge in [0.25, 0.3) is 0 Å². The third-order valence-corrected chi connectivity index (χ3v) is 10.4. The van der Waals surface area contributed by atoms with Crippen LogP contribution in [-0.4, -0.2) is 46.1 Å². The molecule has 0 heterocycles. The van der Waals surface area contributed by atoms with Gasteiger partial charge in [0, 0.05) is 6.42 Å². The zero-order chi connectivity index (χ0) is 35.9. The van der Waals surface area contributed by atoms with Crippen molar-refractivity contribution in [3.05, 3.63) is 12.2 Å². The molecule has 1 amide bonds. The number of carbonyl (C=O) groups is 1. The fraction of sp³-hybridized carbons (Fsp3) is 0.932. The van der Waals surface area contributed by atoms with Gasteiger partial charge >= 0.3 is 0 Å². The van der Waals surface area contributed by atoms with E-state index in [9.17, 15) is 20.1 Å². The molecule has 0 radical (unpaired) electrons. The Morgan fingerprint density at radius 3 is 1.20 bits per heavy atom. The predicted molar refractivity (Wildman–Crippen MR) is 213 cm³/mol. The van der Waals surface area contributed by atoms with Gasteiger partial charge in [-0.15, -0.1) is 0 Å². The summed E-state index contributed by atoms with van der Waals surface area (Å²) in [6.07, 6.45) is 46.0. The van der Waals surface area contributed by atoms with Crippen LogP contribution in [0.1, 0.15) is 239 Å². The van der Waals surface area contributed by atoms with E-state index < -0.39 is 18.2 Å². The highest BCUT2D eigenvalue weighted by atomic mass is 16.3. The molecule has 0 aliphatic rings. The molecule has 4 N–H and O–H groups in total. The summed E-state index contributed by atoms with van der Waals surface area (Å²) in [4.78, 5) is 12.4. The van der Waals surface area contributed by atoms with Crippen molar-refractivity contribution in [2.24, 2.45) is 0 Å². The molecule has 3 atom stereocenters. The van der Waals surface area contributed by atoms with Gasteiger partial charge in [0.1, 0.15) is 6.10 Å². The van der Waals surface area contributed by atoms with Crippen molar-refractivity contribution < 1.29 is 20.1 Å². The zero-order valence-corrected chi connectivity index (χ0v) is 33.1. The first-order chi connectivity index (χ1) is 24.1. The minimum atomic E-state index is -1.13. The summed E-state index contributed by atoms with van der Waals surface area (Å²) in [6, 6.07) is -0.807. The Labute approximate surface area is 306 Å². The molecule has 49 heavy (non-hydrogen) atoms. The van der Waals surface area contributed by atoms with E-state index in [0.29, 0.717) is 12.8 Å². The van der Waals surface area contributed by atoms with Gasteiger partial charge in [-0.3, -0.25) is 4.79 Å². The second-order valence-corrected chi connectivity index (χ2v) is 15.3. The maximum Gasteiger partial charge on any atom is 0.220 e. The number of hydrogen-bond acceptors (Lipinski definition) is 4. The molecule has 0 fully saturated rings. The Morgan fingerprint density at radius 2 is 0.816 bits per heavy atom. The monoisotopic (exact) mass is 694 g/mol. The lowest BCUT2D eigenvalue weighted by molar-refractivity contribution is -0.124. The number of hydrogen-bond donors (Lipinski definition) is 4. The molecular weight excluding hydrogens is 606 g/mol. The Bertz CT molecular complexity index is 684. The maximum atomic E-state index is 12.4. The first-order valence-electron chi connectivity index (χ1n) is 22.0. The van der Waals surface area contributed by atoms with Gasteiger partial charge in [0.2, 0.25) is 5.91 Å². The molecule has 292 valence electrons. The molecule has 0 spiro atoms. The van der Waals surface area contributed by atoms with Crippen LogP contribution in [0, 0.1) is 0 Å². The van der Waals surface area contributed by atoms with Crippen LogP contribution in [0.4, 0.5) is 0 Å². The van der Waals surface area contributed by atoms with E-state index in [1.165, 1.54) is 173 Å². The maximum absolute atomic E-state index is 12.4. The van der Waals surface area contributed by atoms with Crippen molar-refractivity contribution in [2.75, 3.05) is 6.61 Å². The van der Waals surface area contributed by atoms with E-state index in [1.807, 2.05) is 0 Å². The first kappa shape index (κ1) is 48.1. The largest absolute Gasteiger partial charge is 0.394 e. The van der Waals surface area contributed by atoms with Gasteiger partial charge in [-0.05, 0) is 38.5 Å². The average molecular weight is 694 g/mol. The summed E-state index contributed by atoms with van der Waals surface area (Å²) in [5, 5.41) is 33.5. The number of amides is 1. The zero-order valence-electron chi connectivity index (χ0n) is 33.1. The topological polar surface area (TPSA) is 89.8 Å². The van der Waals surface area contributed by atoms with E-state index in [0.717, 1.165) is 38.5 Å². The molecular formula is C44H87NO4. The van der Waals surface area contributed by atoms with E-state index in [4.69, 9.17) is 0 Å². The second-order valence-electron chi connectivity index (χ2n) is 15.3. The van der Waals surface area contributed by atoms with Crippen LogP contribution in [0.25, 0.3) is 0 Å². The number of aliphatic hydroxyl groups excluding tert-OH is 3. The smallest absolute Gasteiger partial charge is 0.220 e. The highest BCUT2D eigenvalue weighted by molar-refractivity contribution is 5.76. The minimum absolute atomic E-state index is 0.148. The predicted octanol–water partition coefficient (Wildman–Crippen LogP) is 12.4. The lowest BCUT2D eigenvalue weighted by atomic mass is 9.99. The molecule has 0 aromatic heterocycles. The van der Waals surface area contributed by atoms with E-state index in [-0.39, 0.29) is 12.5 Å².